The van der Waals surface area contributed by atoms with Crippen LogP contribution in [0, 0.1) is 0 Å². The number of nitrogens with one attached hydrogen (secondary N) is 3. The number of esters is 1. The number of methoxy groups -OCH3 is 2. The Bertz CT molecular complexity index is 1280. The van der Waals surface area contributed by atoms with Crippen molar-refractivity contribution in [2.75, 3.05) is 45.4 Å². The number of benzene rings is 2. The van der Waals surface area contributed by atoms with Crippen LogP contribution in [0.2, 0.25) is 0 Å². The molecule has 41 heavy (non-hydrogen) atoms. The summed E-state index contributed by atoms with van der Waals surface area (Å²) in [5.41, 5.74) is 5.72. The molecular formula is C29H39N5O7. The highest BCUT2D eigenvalue weighted by Crippen LogP contribution is 2.35. The van der Waals surface area contributed by atoms with Gasteiger partial charge >= 0.3 is 12.0 Å². The molecule has 0 unspecified atom stereocenters. The van der Waals surface area contributed by atoms with E-state index in [4.69, 9.17) is 18.9 Å². The van der Waals surface area contributed by atoms with E-state index in [-0.39, 0.29) is 12.2 Å². The van der Waals surface area contributed by atoms with Crippen molar-refractivity contribution in [3.63, 3.8) is 0 Å². The summed E-state index contributed by atoms with van der Waals surface area (Å²) in [6, 6.07) is 9.70. The average Bonchev–Trinajstić information content (AvgIpc) is 2.97. The van der Waals surface area contributed by atoms with E-state index in [1.165, 1.54) is 7.11 Å². The number of carbonyl (C=O) groups excluding carboxylic acids is 2. The third-order valence-electron chi connectivity index (χ3n) is 6.44. The first-order valence-electron chi connectivity index (χ1n) is 13.4. The number of nitrogens with zero attached hydrogens (tertiary/aromatic N) is 2. The Hall–Kier alpha value is -4.45. The highest BCUT2D eigenvalue weighted by atomic mass is 16.5. The summed E-state index contributed by atoms with van der Waals surface area (Å²) in [6.07, 6.45) is 0.442. The van der Waals surface area contributed by atoms with Gasteiger partial charge < -0.3 is 39.6 Å². The van der Waals surface area contributed by atoms with Gasteiger partial charge in [-0.25, -0.2) is 9.59 Å². The fraction of sp³-hybridized carbons (Fsp3) is 0.414. The Morgan fingerprint density at radius 1 is 1.10 bits per heavy atom. The molecule has 0 radical (unpaired) electrons. The summed E-state index contributed by atoms with van der Waals surface area (Å²) in [4.78, 5) is 26.8. The van der Waals surface area contributed by atoms with E-state index in [1.807, 2.05) is 25.1 Å². The quantitative estimate of drug-likeness (QED) is 0.117. The molecule has 0 aromatic heterocycles. The highest BCUT2D eigenvalue weighted by molar-refractivity contribution is 5.95. The van der Waals surface area contributed by atoms with Crippen LogP contribution in [-0.4, -0.2) is 70.1 Å². The minimum absolute atomic E-state index is 0.134. The lowest BCUT2D eigenvalue weighted by atomic mass is 9.95. The molecule has 1 aliphatic rings. The summed E-state index contributed by atoms with van der Waals surface area (Å²) >= 11 is 0. The number of allylic oxidation sites excluding steroid dienone is 1. The summed E-state index contributed by atoms with van der Waals surface area (Å²) < 4.78 is 22.0. The van der Waals surface area contributed by atoms with Crippen LogP contribution >= 0.6 is 0 Å². The Kier molecular flexibility index (Phi) is 11.2. The number of hydrogen-bond acceptors (Lipinski definition) is 10. The Morgan fingerprint density at radius 2 is 1.85 bits per heavy atom. The minimum atomic E-state index is -1.12. The van der Waals surface area contributed by atoms with E-state index >= 15 is 0 Å². The fourth-order valence-electron chi connectivity index (χ4n) is 4.41. The van der Waals surface area contributed by atoms with Crippen molar-refractivity contribution in [1.29, 1.82) is 0 Å². The van der Waals surface area contributed by atoms with E-state index < -0.39 is 24.3 Å². The Morgan fingerprint density at radius 3 is 2.51 bits per heavy atom. The third-order valence-corrected chi connectivity index (χ3v) is 6.44. The van der Waals surface area contributed by atoms with Gasteiger partial charge in [-0.05, 0) is 57.5 Å². The van der Waals surface area contributed by atoms with Crippen LogP contribution < -0.4 is 35.2 Å². The third kappa shape index (κ3) is 7.82. The van der Waals surface area contributed by atoms with Gasteiger partial charge in [-0.15, -0.1) is 0 Å². The van der Waals surface area contributed by atoms with Gasteiger partial charge in [-0.1, -0.05) is 6.07 Å². The molecule has 2 aromatic rings. The highest BCUT2D eigenvalue weighted by Gasteiger charge is 2.32. The molecule has 2 aromatic carbocycles. The molecule has 0 fully saturated rings. The van der Waals surface area contributed by atoms with Crippen LogP contribution in [0.25, 0.3) is 0 Å². The van der Waals surface area contributed by atoms with Crippen molar-refractivity contribution >= 4 is 23.9 Å². The summed E-state index contributed by atoms with van der Waals surface area (Å²) in [6.45, 7) is 9.62. The molecule has 0 spiro atoms. The van der Waals surface area contributed by atoms with Crippen LogP contribution in [0.5, 0.6) is 17.2 Å². The number of carbonyl (C=O) groups is 2. The lowest BCUT2D eigenvalue weighted by Crippen LogP contribution is -2.45. The van der Waals surface area contributed by atoms with Crippen LogP contribution in [0.1, 0.15) is 44.9 Å². The number of hydrogen-bond donors (Lipinski definition) is 4. The maximum atomic E-state index is 12.4. The molecule has 0 aliphatic carbocycles. The van der Waals surface area contributed by atoms with Gasteiger partial charge in [0.15, 0.2) is 17.7 Å². The van der Waals surface area contributed by atoms with Crippen molar-refractivity contribution in [2.24, 2.45) is 5.10 Å². The summed E-state index contributed by atoms with van der Waals surface area (Å²) in [7, 11) is 2.88. The van der Waals surface area contributed by atoms with Gasteiger partial charge in [-0.3, -0.25) is 5.43 Å². The minimum Gasteiger partial charge on any atom is -0.496 e. The predicted octanol–water partition coefficient (Wildman–Crippen LogP) is 3.06. The monoisotopic (exact) mass is 569 g/mol. The zero-order valence-electron chi connectivity index (χ0n) is 24.3. The maximum absolute atomic E-state index is 12.4. The number of hydrazone groups is 1. The first-order valence-corrected chi connectivity index (χ1v) is 13.4. The number of anilines is 1. The molecule has 12 nitrogen and oxygen atoms in total. The molecule has 1 heterocycles. The molecule has 4 N–H and O–H groups in total. The first-order chi connectivity index (χ1) is 19.8. The van der Waals surface area contributed by atoms with Gasteiger partial charge in [0.1, 0.15) is 12.4 Å². The van der Waals surface area contributed by atoms with Crippen LogP contribution in [0.3, 0.4) is 0 Å². The molecule has 1 aliphatic heterocycles. The van der Waals surface area contributed by atoms with Crippen molar-refractivity contribution in [1.82, 2.24) is 16.1 Å². The molecule has 2 atom stereocenters. The Balaban J connectivity index is 1.69. The number of urea groups is 1. The van der Waals surface area contributed by atoms with Crippen molar-refractivity contribution in [3.05, 3.63) is 58.8 Å². The second-order valence-corrected chi connectivity index (χ2v) is 9.01. The molecular weight excluding hydrogens is 530 g/mol. The van der Waals surface area contributed by atoms with Crippen molar-refractivity contribution in [2.45, 2.75) is 40.0 Å². The number of aliphatic hydroxyl groups excluding tert-OH is 1. The van der Waals surface area contributed by atoms with E-state index in [1.54, 1.807) is 38.4 Å². The lowest BCUT2D eigenvalue weighted by Gasteiger charge is -2.28. The van der Waals surface area contributed by atoms with Crippen LogP contribution in [0.15, 0.2) is 52.8 Å². The standard InChI is InChI=1S/C29H39N5O7/c1-7-34(8-2)21-12-10-20(23(15-21)38-5)16-30-33-25(35)17-41-22-13-11-19(14-24(22)40-9-3)27-26(28(36)39-6)18(4)31-29(37)32-27/h10-16,25,27,33,35H,7-9,17H2,1-6H3,(H2,31,32,37)/b30-16-/t25-,27-/m0/s1. The van der Waals surface area contributed by atoms with Gasteiger partial charge in [0.2, 0.25) is 0 Å². The predicted molar refractivity (Wildman–Crippen MR) is 156 cm³/mol. The SMILES string of the molecule is CCOc1cc([C@@H]2NC(=O)NC(C)=C2C(=O)OC)ccc1OC[C@H](O)N/N=C\c1ccc(N(CC)CC)cc1OC. The molecule has 3 rings (SSSR count). The molecule has 2 amide bonds. The number of aliphatic hydroxyl groups is 1. The lowest BCUT2D eigenvalue weighted by molar-refractivity contribution is -0.136. The van der Waals surface area contributed by atoms with Crippen LogP contribution in [-0.2, 0) is 9.53 Å². The zero-order valence-corrected chi connectivity index (χ0v) is 24.3. The van der Waals surface area contributed by atoms with Gasteiger partial charge in [-0.2, -0.15) is 5.10 Å². The topological polar surface area (TPSA) is 143 Å². The second kappa shape index (κ2) is 14.8. The second-order valence-electron chi connectivity index (χ2n) is 9.01. The number of ether oxygens (including phenoxy) is 4. The van der Waals surface area contributed by atoms with Crippen molar-refractivity contribution < 1.29 is 33.6 Å². The smallest absolute Gasteiger partial charge is 0.337 e. The number of rotatable bonds is 14. The number of amides is 2. The molecule has 222 valence electrons. The summed E-state index contributed by atoms with van der Waals surface area (Å²) in [5.74, 6) is 0.853. The van der Waals surface area contributed by atoms with E-state index in [0.717, 1.165) is 24.3 Å². The largest absolute Gasteiger partial charge is 0.496 e. The summed E-state index contributed by atoms with van der Waals surface area (Å²) in [5, 5.41) is 19.9. The molecule has 0 saturated heterocycles. The molecule has 12 heteroatoms. The van der Waals surface area contributed by atoms with Gasteiger partial charge in [0.05, 0.1) is 38.7 Å². The molecule has 0 saturated carbocycles. The van der Waals surface area contributed by atoms with Crippen molar-refractivity contribution in [3.8, 4) is 17.2 Å². The van der Waals surface area contributed by atoms with Gasteiger partial charge in [0, 0.05) is 36.1 Å². The van der Waals surface area contributed by atoms with Crippen LogP contribution in [0.4, 0.5) is 10.5 Å². The fourth-order valence-corrected chi connectivity index (χ4v) is 4.41. The van der Waals surface area contributed by atoms with E-state index in [0.29, 0.717) is 35.1 Å². The average molecular weight is 570 g/mol. The zero-order chi connectivity index (χ0) is 29.9. The first kappa shape index (κ1) is 31.1. The maximum Gasteiger partial charge on any atom is 0.337 e. The van der Waals surface area contributed by atoms with E-state index in [9.17, 15) is 14.7 Å². The normalized spacial score (nSPS) is 15.6. The molecule has 0 bridgehead atoms. The van der Waals surface area contributed by atoms with Gasteiger partial charge in [0.25, 0.3) is 0 Å². The Labute approximate surface area is 240 Å². The van der Waals surface area contributed by atoms with E-state index in [2.05, 4.69) is 39.9 Å².